The second-order valence-electron chi connectivity index (χ2n) is 8.37. The van der Waals surface area contributed by atoms with Crippen molar-refractivity contribution in [2.24, 2.45) is 12.0 Å². The Balaban J connectivity index is 1.77. The third-order valence-corrected chi connectivity index (χ3v) is 6.51. The molecular weight excluding hydrogens is 474 g/mol. The Hall–Kier alpha value is -4.36. The molecule has 36 heavy (non-hydrogen) atoms. The number of hydrogen-bond acceptors (Lipinski definition) is 4. The topological polar surface area (TPSA) is 65.8 Å². The second-order valence-corrected chi connectivity index (χ2v) is 8.77. The van der Waals surface area contributed by atoms with Crippen LogP contribution in [0.5, 0.6) is 5.75 Å². The highest BCUT2D eigenvalue weighted by Crippen LogP contribution is 2.29. The molecule has 0 aliphatic heterocycles. The molecule has 6 aromatic rings. The summed E-state index contributed by atoms with van der Waals surface area (Å²) in [5.74, 6) is 0.559. The second kappa shape index (κ2) is 8.70. The Bertz CT molecular complexity index is 1900. The summed E-state index contributed by atoms with van der Waals surface area (Å²) in [5.41, 5.74) is 3.00. The van der Waals surface area contributed by atoms with Crippen molar-refractivity contribution in [2.45, 2.75) is 6.92 Å². The van der Waals surface area contributed by atoms with Crippen LogP contribution in [-0.2, 0) is 7.05 Å². The normalized spacial score (nSPS) is 12.1. The molecule has 0 amide bonds. The largest absolute Gasteiger partial charge is 0.492 e. The Morgan fingerprint density at radius 1 is 1.00 bits per heavy atom. The summed E-state index contributed by atoms with van der Waals surface area (Å²) < 4.78 is 10.9. The van der Waals surface area contributed by atoms with Crippen molar-refractivity contribution in [2.75, 3.05) is 6.61 Å². The summed E-state index contributed by atoms with van der Waals surface area (Å²) in [7, 11) is 1.84. The van der Waals surface area contributed by atoms with E-state index < -0.39 is 0 Å². The van der Waals surface area contributed by atoms with Crippen LogP contribution in [0.4, 0.5) is 5.69 Å². The molecule has 0 bridgehead atoms. The van der Waals surface area contributed by atoms with Gasteiger partial charge >= 0.3 is 0 Å². The van der Waals surface area contributed by atoms with Crippen molar-refractivity contribution >= 4 is 44.6 Å². The average molecular weight is 496 g/mol. The van der Waals surface area contributed by atoms with E-state index in [1.165, 1.54) is 0 Å². The lowest BCUT2D eigenvalue weighted by molar-refractivity contribution is 0.340. The van der Waals surface area contributed by atoms with Crippen molar-refractivity contribution in [1.29, 1.82) is 0 Å². The molecule has 0 saturated heterocycles. The molecule has 6 rings (SSSR count). The first-order valence-electron chi connectivity index (χ1n) is 11.6. The van der Waals surface area contributed by atoms with Gasteiger partial charge in [0.05, 0.1) is 28.5 Å². The molecule has 0 atom stereocenters. The maximum absolute atomic E-state index is 13.9. The first-order valence-corrected chi connectivity index (χ1v) is 12.0. The molecule has 0 aliphatic rings. The summed E-state index contributed by atoms with van der Waals surface area (Å²) in [4.78, 5) is 23.6. The number of aryl methyl sites for hydroxylation is 1. The molecule has 0 saturated carbocycles. The van der Waals surface area contributed by atoms with Crippen molar-refractivity contribution in [1.82, 2.24) is 18.7 Å². The van der Waals surface area contributed by atoms with E-state index in [1.807, 2.05) is 91.3 Å². The molecule has 0 spiro atoms. The summed E-state index contributed by atoms with van der Waals surface area (Å²) in [6.45, 7) is 2.40. The standard InChI is InChI=1S/C28H22ClN5O2/c1-3-36-23-17-19(13-14-22(23)29)30-28-31-26-24(25-21-12-8-7-9-18(21)15-16-33(25)28)27(35)34(32(26)2)20-10-5-4-6-11-20/h4-17H,3H2,1-2H3. The third-order valence-electron chi connectivity index (χ3n) is 6.20. The van der Waals surface area contributed by atoms with Gasteiger partial charge in [-0.1, -0.05) is 54.1 Å². The minimum Gasteiger partial charge on any atom is -0.492 e. The Labute approximate surface area is 211 Å². The number of pyridine rings is 1. The van der Waals surface area contributed by atoms with Gasteiger partial charge in [0.25, 0.3) is 5.56 Å². The minimum absolute atomic E-state index is 0.142. The van der Waals surface area contributed by atoms with Gasteiger partial charge < -0.3 is 4.74 Å². The molecule has 8 heteroatoms. The maximum atomic E-state index is 13.9. The Morgan fingerprint density at radius 3 is 2.58 bits per heavy atom. The molecule has 3 aromatic carbocycles. The predicted octanol–water partition coefficient (Wildman–Crippen LogP) is 5.41. The zero-order chi connectivity index (χ0) is 24.8. The van der Waals surface area contributed by atoms with Crippen LogP contribution in [0.2, 0.25) is 5.02 Å². The lowest BCUT2D eigenvalue weighted by atomic mass is 10.1. The van der Waals surface area contributed by atoms with Gasteiger partial charge in [-0.05, 0) is 42.6 Å². The van der Waals surface area contributed by atoms with Crippen LogP contribution >= 0.6 is 11.6 Å². The Morgan fingerprint density at radius 2 is 1.78 bits per heavy atom. The van der Waals surface area contributed by atoms with Crippen molar-refractivity contribution < 1.29 is 4.74 Å². The van der Waals surface area contributed by atoms with Crippen LogP contribution in [0.25, 0.3) is 33.0 Å². The van der Waals surface area contributed by atoms with E-state index in [0.717, 1.165) is 22.0 Å². The molecule has 0 aliphatic carbocycles. The third kappa shape index (κ3) is 3.48. The molecule has 178 valence electrons. The van der Waals surface area contributed by atoms with Crippen LogP contribution in [0, 0.1) is 0 Å². The van der Waals surface area contributed by atoms with Gasteiger partial charge in [-0.3, -0.25) is 13.9 Å². The van der Waals surface area contributed by atoms with Gasteiger partial charge in [0.2, 0.25) is 5.62 Å². The van der Waals surface area contributed by atoms with Gasteiger partial charge in [-0.15, -0.1) is 0 Å². The maximum Gasteiger partial charge on any atom is 0.283 e. The lowest BCUT2D eigenvalue weighted by Gasteiger charge is -2.09. The number of fused-ring (bicyclic) bond motifs is 5. The summed E-state index contributed by atoms with van der Waals surface area (Å²) in [6.07, 6.45) is 1.90. The number of para-hydroxylation sites is 1. The summed E-state index contributed by atoms with van der Waals surface area (Å²) in [5, 5.41) is 3.02. The molecule has 3 heterocycles. The predicted molar refractivity (Wildman–Crippen MR) is 143 cm³/mol. The summed E-state index contributed by atoms with van der Waals surface area (Å²) in [6, 6.07) is 24.9. The summed E-state index contributed by atoms with van der Waals surface area (Å²) >= 11 is 6.29. The number of hydrogen-bond donors (Lipinski definition) is 0. The number of nitrogens with zero attached hydrogens (tertiary/aromatic N) is 5. The van der Waals surface area contributed by atoms with Crippen LogP contribution < -0.4 is 15.9 Å². The molecule has 0 radical (unpaired) electrons. The van der Waals surface area contributed by atoms with Gasteiger partial charge in [0.15, 0.2) is 5.65 Å². The van der Waals surface area contributed by atoms with Crippen LogP contribution in [0.3, 0.4) is 0 Å². The zero-order valence-corrected chi connectivity index (χ0v) is 20.5. The first kappa shape index (κ1) is 22.1. The van der Waals surface area contributed by atoms with Gasteiger partial charge in [-0.2, -0.15) is 4.98 Å². The van der Waals surface area contributed by atoms with E-state index >= 15 is 0 Å². The van der Waals surface area contributed by atoms with Crippen LogP contribution in [0.1, 0.15) is 6.92 Å². The molecular formula is C28H22ClN5O2. The van der Waals surface area contributed by atoms with Crippen LogP contribution in [-0.4, -0.2) is 25.4 Å². The molecule has 0 unspecified atom stereocenters. The fraction of sp³-hybridized carbons (Fsp3) is 0.107. The van der Waals surface area contributed by atoms with Gasteiger partial charge in [0, 0.05) is 24.7 Å². The van der Waals surface area contributed by atoms with Crippen LogP contribution in [0.15, 0.2) is 94.8 Å². The average Bonchev–Trinajstić information content (AvgIpc) is 3.15. The van der Waals surface area contributed by atoms with Crippen molar-refractivity contribution in [3.8, 4) is 11.4 Å². The highest BCUT2D eigenvalue weighted by molar-refractivity contribution is 6.32. The minimum atomic E-state index is -0.142. The van der Waals surface area contributed by atoms with E-state index in [9.17, 15) is 4.79 Å². The van der Waals surface area contributed by atoms with E-state index in [1.54, 1.807) is 21.5 Å². The first-order chi connectivity index (χ1) is 17.6. The fourth-order valence-corrected chi connectivity index (χ4v) is 4.77. The van der Waals surface area contributed by atoms with Crippen molar-refractivity contribution in [3.63, 3.8) is 0 Å². The highest BCUT2D eigenvalue weighted by Gasteiger charge is 2.19. The smallest absolute Gasteiger partial charge is 0.283 e. The van der Waals surface area contributed by atoms with Crippen molar-refractivity contribution in [3.05, 3.63) is 106 Å². The molecule has 3 aromatic heterocycles. The lowest BCUT2D eigenvalue weighted by Crippen LogP contribution is -2.20. The quantitative estimate of drug-likeness (QED) is 0.307. The number of rotatable bonds is 4. The van der Waals surface area contributed by atoms with E-state index in [-0.39, 0.29) is 5.56 Å². The molecule has 0 N–H and O–H groups in total. The SMILES string of the molecule is CCOc1cc(N=c2nc3c(c(=O)n(-c4ccccc4)n3C)c3c4ccccc4ccn23)ccc1Cl. The molecule has 0 fully saturated rings. The van der Waals surface area contributed by atoms with Gasteiger partial charge in [-0.25, -0.2) is 9.67 Å². The number of aromatic nitrogens is 4. The van der Waals surface area contributed by atoms with Gasteiger partial charge in [0.1, 0.15) is 11.1 Å². The van der Waals surface area contributed by atoms with E-state index in [0.29, 0.717) is 39.7 Å². The number of ether oxygens (including phenoxy) is 1. The highest BCUT2D eigenvalue weighted by atomic mass is 35.5. The Kier molecular flexibility index (Phi) is 5.34. The number of benzene rings is 3. The monoisotopic (exact) mass is 495 g/mol. The van der Waals surface area contributed by atoms with E-state index in [4.69, 9.17) is 26.3 Å². The van der Waals surface area contributed by atoms with E-state index in [2.05, 4.69) is 0 Å². The molecule has 7 nitrogen and oxygen atoms in total. The zero-order valence-electron chi connectivity index (χ0n) is 19.7. The fourth-order valence-electron chi connectivity index (χ4n) is 4.60. The number of halogens is 1.